The van der Waals surface area contributed by atoms with Gasteiger partial charge in [-0.1, -0.05) is 0 Å². The maximum atomic E-state index is 12.9. The Labute approximate surface area is 188 Å². The van der Waals surface area contributed by atoms with Crippen molar-refractivity contribution in [2.75, 3.05) is 45.8 Å². The summed E-state index contributed by atoms with van der Waals surface area (Å²) in [4.78, 5) is 19.5. The lowest BCUT2D eigenvalue weighted by atomic mass is 10.2. The zero-order chi connectivity index (χ0) is 21.4. The number of hydrogen-bond acceptors (Lipinski definition) is 4. The number of carbonyl (C=O) groups is 1. The second kappa shape index (κ2) is 12.7. The van der Waals surface area contributed by atoms with Gasteiger partial charge in [0.2, 0.25) is 0 Å². The molecule has 1 aliphatic rings. The third kappa shape index (κ3) is 11.1. The summed E-state index contributed by atoms with van der Waals surface area (Å²) >= 11 is 0. The standard InChI is InChI=1S/C18H34F3N5O2.HI/c1-6-22-15(23-8-7-9-24-16(27)28-17(3,4)5)26-12-10-25(11-13-26)14(2)18(19,20)21;/h14H,6-13H2,1-5H3,(H,22,23)(H,24,27);1H. The first kappa shape index (κ1) is 28.0. The first-order valence-electron chi connectivity index (χ1n) is 9.75. The smallest absolute Gasteiger partial charge is 0.407 e. The Morgan fingerprint density at radius 3 is 2.21 bits per heavy atom. The molecular formula is C18H35F3IN5O2. The fourth-order valence-corrected chi connectivity index (χ4v) is 2.72. The van der Waals surface area contributed by atoms with Gasteiger partial charge in [0.1, 0.15) is 11.6 Å². The van der Waals surface area contributed by atoms with Crippen molar-refractivity contribution < 1.29 is 22.7 Å². The van der Waals surface area contributed by atoms with E-state index in [-0.39, 0.29) is 24.0 Å². The van der Waals surface area contributed by atoms with Gasteiger partial charge in [-0.15, -0.1) is 24.0 Å². The van der Waals surface area contributed by atoms with Gasteiger partial charge in [0.05, 0.1) is 0 Å². The van der Waals surface area contributed by atoms with Crippen LogP contribution in [-0.2, 0) is 4.74 Å². The van der Waals surface area contributed by atoms with Crippen LogP contribution in [0, 0.1) is 0 Å². The summed E-state index contributed by atoms with van der Waals surface area (Å²) in [5.74, 6) is 0.694. The molecule has 0 aliphatic carbocycles. The maximum Gasteiger partial charge on any atom is 0.407 e. The summed E-state index contributed by atoms with van der Waals surface area (Å²) in [7, 11) is 0. The number of nitrogens with one attached hydrogen (secondary N) is 2. The van der Waals surface area contributed by atoms with Crippen LogP contribution in [0.25, 0.3) is 0 Å². The number of rotatable bonds is 6. The highest BCUT2D eigenvalue weighted by Crippen LogP contribution is 2.25. The molecule has 7 nitrogen and oxygen atoms in total. The Kier molecular flexibility index (Phi) is 12.2. The molecule has 1 atom stereocenters. The van der Waals surface area contributed by atoms with E-state index in [1.54, 1.807) is 20.8 Å². The van der Waals surface area contributed by atoms with Gasteiger partial charge in [0.15, 0.2) is 5.96 Å². The van der Waals surface area contributed by atoms with Crippen molar-refractivity contribution in [2.24, 2.45) is 4.99 Å². The van der Waals surface area contributed by atoms with E-state index in [0.29, 0.717) is 58.2 Å². The molecule has 1 heterocycles. The molecule has 2 N–H and O–H groups in total. The number of ether oxygens (including phenoxy) is 1. The molecule has 0 radical (unpaired) electrons. The minimum atomic E-state index is -4.21. The van der Waals surface area contributed by atoms with Crippen LogP contribution in [0.3, 0.4) is 0 Å². The van der Waals surface area contributed by atoms with Crippen molar-refractivity contribution in [3.05, 3.63) is 0 Å². The highest BCUT2D eigenvalue weighted by Gasteiger charge is 2.41. The van der Waals surface area contributed by atoms with Gasteiger partial charge in [0.25, 0.3) is 0 Å². The molecule has 0 aromatic rings. The number of nitrogens with zero attached hydrogens (tertiary/aromatic N) is 3. The first-order valence-corrected chi connectivity index (χ1v) is 9.75. The van der Waals surface area contributed by atoms with Crippen molar-refractivity contribution >= 4 is 36.0 Å². The van der Waals surface area contributed by atoms with Crippen LogP contribution in [0.4, 0.5) is 18.0 Å². The predicted octanol–water partition coefficient (Wildman–Crippen LogP) is 3.05. The number of halogens is 4. The normalized spacial score (nSPS) is 17.4. The molecule has 0 saturated carbocycles. The number of amides is 1. The van der Waals surface area contributed by atoms with Crippen LogP contribution in [0.5, 0.6) is 0 Å². The van der Waals surface area contributed by atoms with Crippen molar-refractivity contribution in [1.82, 2.24) is 20.4 Å². The summed E-state index contributed by atoms with van der Waals surface area (Å²) < 4.78 is 43.8. The topological polar surface area (TPSA) is 69.2 Å². The molecule has 0 aromatic carbocycles. The van der Waals surface area contributed by atoms with E-state index < -0.39 is 23.9 Å². The highest BCUT2D eigenvalue weighted by molar-refractivity contribution is 14.0. The number of alkyl carbamates (subject to hydrolysis) is 1. The molecule has 0 spiro atoms. The van der Waals surface area contributed by atoms with E-state index in [2.05, 4.69) is 15.6 Å². The van der Waals surface area contributed by atoms with Crippen molar-refractivity contribution in [2.45, 2.75) is 58.9 Å². The van der Waals surface area contributed by atoms with Gasteiger partial charge in [-0.2, -0.15) is 13.2 Å². The summed E-state index contributed by atoms with van der Waals surface area (Å²) in [5.41, 5.74) is -0.536. The van der Waals surface area contributed by atoms with Gasteiger partial charge < -0.3 is 20.3 Å². The van der Waals surface area contributed by atoms with E-state index in [0.717, 1.165) is 0 Å². The average Bonchev–Trinajstić information content (AvgIpc) is 2.57. The number of piperazine rings is 1. The van der Waals surface area contributed by atoms with Crippen LogP contribution in [0.2, 0.25) is 0 Å². The van der Waals surface area contributed by atoms with E-state index >= 15 is 0 Å². The van der Waals surface area contributed by atoms with Crippen LogP contribution in [0.1, 0.15) is 41.0 Å². The third-order valence-corrected chi connectivity index (χ3v) is 4.23. The fourth-order valence-electron chi connectivity index (χ4n) is 2.72. The number of guanidine groups is 1. The molecule has 1 aliphatic heterocycles. The van der Waals surface area contributed by atoms with E-state index in [1.165, 1.54) is 11.8 Å². The lowest BCUT2D eigenvalue weighted by Crippen LogP contribution is -2.56. The average molecular weight is 537 g/mol. The minimum absolute atomic E-state index is 0. The summed E-state index contributed by atoms with van der Waals surface area (Å²) in [6.07, 6.45) is -4.03. The molecule has 172 valence electrons. The first-order chi connectivity index (χ1) is 12.9. The zero-order valence-corrected chi connectivity index (χ0v) is 20.3. The fraction of sp³-hybridized carbons (Fsp3) is 0.889. The molecule has 1 rings (SSSR count). The van der Waals surface area contributed by atoms with Gasteiger partial charge >= 0.3 is 12.3 Å². The van der Waals surface area contributed by atoms with Gasteiger partial charge in [-0.3, -0.25) is 9.89 Å². The maximum absolute atomic E-state index is 12.9. The monoisotopic (exact) mass is 537 g/mol. The van der Waals surface area contributed by atoms with Crippen LogP contribution >= 0.6 is 24.0 Å². The molecule has 1 amide bonds. The number of hydrogen-bond donors (Lipinski definition) is 2. The summed E-state index contributed by atoms with van der Waals surface area (Å²) in [5, 5.41) is 5.86. The lowest BCUT2D eigenvalue weighted by Gasteiger charge is -2.39. The van der Waals surface area contributed by atoms with Crippen molar-refractivity contribution in [3.63, 3.8) is 0 Å². The molecule has 29 heavy (non-hydrogen) atoms. The summed E-state index contributed by atoms with van der Waals surface area (Å²) in [6, 6.07) is -1.44. The van der Waals surface area contributed by atoms with Crippen LogP contribution < -0.4 is 10.6 Å². The molecule has 1 fully saturated rings. The SMILES string of the molecule is CCNC(=NCCCNC(=O)OC(C)(C)C)N1CCN(C(C)C(F)(F)F)CC1.I. The van der Waals surface area contributed by atoms with Crippen molar-refractivity contribution in [1.29, 1.82) is 0 Å². The Hall–Kier alpha value is -0.980. The quantitative estimate of drug-likeness (QED) is 0.236. The van der Waals surface area contributed by atoms with Gasteiger partial charge in [-0.25, -0.2) is 4.79 Å². The number of carbonyl (C=O) groups excluding carboxylic acids is 1. The van der Waals surface area contributed by atoms with Crippen molar-refractivity contribution in [3.8, 4) is 0 Å². The highest BCUT2D eigenvalue weighted by atomic mass is 127. The summed E-state index contributed by atoms with van der Waals surface area (Å²) in [6.45, 7) is 11.8. The predicted molar refractivity (Wildman–Crippen MR) is 119 cm³/mol. The van der Waals surface area contributed by atoms with Crippen LogP contribution in [-0.4, -0.2) is 85.5 Å². The Morgan fingerprint density at radius 1 is 1.14 bits per heavy atom. The molecule has 0 bridgehead atoms. The molecule has 11 heteroatoms. The second-order valence-corrected chi connectivity index (χ2v) is 7.76. The lowest BCUT2D eigenvalue weighted by molar-refractivity contribution is -0.181. The van der Waals surface area contributed by atoms with E-state index in [9.17, 15) is 18.0 Å². The minimum Gasteiger partial charge on any atom is -0.444 e. The Bertz CT molecular complexity index is 519. The van der Waals surface area contributed by atoms with E-state index in [4.69, 9.17) is 4.74 Å². The molecule has 0 aromatic heterocycles. The zero-order valence-electron chi connectivity index (χ0n) is 17.9. The number of alkyl halides is 3. The largest absolute Gasteiger partial charge is 0.444 e. The molecular weight excluding hydrogens is 502 g/mol. The van der Waals surface area contributed by atoms with Crippen LogP contribution in [0.15, 0.2) is 4.99 Å². The Balaban J connectivity index is 0.00000784. The van der Waals surface area contributed by atoms with Gasteiger partial charge in [0, 0.05) is 45.8 Å². The second-order valence-electron chi connectivity index (χ2n) is 7.76. The number of aliphatic imine (C=N–C) groups is 1. The third-order valence-electron chi connectivity index (χ3n) is 4.23. The molecule has 1 unspecified atom stereocenters. The van der Waals surface area contributed by atoms with E-state index in [1.807, 2.05) is 11.8 Å². The van der Waals surface area contributed by atoms with Gasteiger partial charge in [-0.05, 0) is 41.0 Å². The Morgan fingerprint density at radius 2 is 1.72 bits per heavy atom. The molecule has 1 saturated heterocycles.